The number of rotatable bonds is 17. The van der Waals surface area contributed by atoms with E-state index in [0.717, 1.165) is 64.5 Å². The lowest BCUT2D eigenvalue weighted by Crippen LogP contribution is -2.49. The summed E-state index contributed by atoms with van der Waals surface area (Å²) >= 11 is 0. The van der Waals surface area contributed by atoms with E-state index in [2.05, 4.69) is 84.7 Å². The van der Waals surface area contributed by atoms with Crippen molar-refractivity contribution in [2.45, 2.75) is 71.6 Å². The van der Waals surface area contributed by atoms with Gasteiger partial charge in [0.05, 0.1) is 55.0 Å². The fraction of sp³-hybridized carbons (Fsp3) is 0.247. The molecule has 0 unspecified atom stereocenters. The molecule has 0 aliphatic carbocycles. The molecule has 1 saturated heterocycles. The normalized spacial score (nSPS) is 13.7. The summed E-state index contributed by atoms with van der Waals surface area (Å²) in [6, 6.07) is 23.6. The van der Waals surface area contributed by atoms with Crippen LogP contribution in [0.2, 0.25) is 0 Å². The first-order valence-corrected chi connectivity index (χ1v) is 32.1. The van der Waals surface area contributed by atoms with Gasteiger partial charge in [-0.15, -0.1) is 0 Å². The van der Waals surface area contributed by atoms with Crippen molar-refractivity contribution in [2.24, 2.45) is 0 Å². The van der Waals surface area contributed by atoms with Crippen LogP contribution in [0.3, 0.4) is 0 Å². The molecular formula is C73H64F5N17O5. The number of imidazole rings is 3. The molecule has 7 aromatic heterocycles. The fourth-order valence-electron chi connectivity index (χ4n) is 12.9. The van der Waals surface area contributed by atoms with Crippen LogP contribution in [0.1, 0.15) is 55.9 Å². The van der Waals surface area contributed by atoms with E-state index in [-0.39, 0.29) is 72.6 Å². The maximum Gasteiger partial charge on any atom is 0.288 e. The number of likely N-dealkylation sites (tertiary alicyclic amines) is 1. The molecule has 4 aliphatic rings. The van der Waals surface area contributed by atoms with E-state index >= 15 is 0 Å². The first kappa shape index (κ1) is 65.7. The summed E-state index contributed by atoms with van der Waals surface area (Å²) in [5.74, 6) is 1.52. The minimum atomic E-state index is -0.679. The zero-order chi connectivity index (χ0) is 69.3. The number of aliphatic hydroxyl groups excluding tert-OH is 2. The molecular weight excluding hydrogens is 1290 g/mol. The summed E-state index contributed by atoms with van der Waals surface area (Å²) in [5, 5.41) is 28.7. The summed E-state index contributed by atoms with van der Waals surface area (Å²) in [4.78, 5) is 41.9. The minimum Gasteiger partial charge on any atom is -0.493 e. The Morgan fingerprint density at radius 1 is 0.550 bits per heavy atom. The topological polar surface area (TPSA) is 223 Å². The summed E-state index contributed by atoms with van der Waals surface area (Å²) in [6.45, 7) is 21.1. The molecule has 4 aliphatic heterocycles. The number of pyridine rings is 1. The molecule has 0 radical (unpaired) electrons. The van der Waals surface area contributed by atoms with Crippen LogP contribution >= 0.6 is 0 Å². The lowest BCUT2D eigenvalue weighted by molar-refractivity contribution is -0.00286. The summed E-state index contributed by atoms with van der Waals surface area (Å²) < 4.78 is 94.8. The van der Waals surface area contributed by atoms with Crippen molar-refractivity contribution in [3.8, 4) is 50.6 Å². The number of β-amino-alcohol motifs (C(OH)–C–C–N with tert-alkyl or cyclic N) is 1. The lowest BCUT2D eigenvalue weighted by atomic mass is 10.0. The molecule has 22 nitrogen and oxygen atoms in total. The number of nitrogens with one attached hydrogen (secondary N) is 3. The number of nitrogens with zero attached hydrogens (tertiary/aromatic N) is 14. The van der Waals surface area contributed by atoms with Gasteiger partial charge in [0.2, 0.25) is 29.1 Å². The SMILES string of the molecule is Cc1cn2c(NCc3c(F)ccc4c3CCO4)ncc(-c3ccc(CN4CC(O)C4)cc3)c2n1.[C-]#[N+]c1cn2c(NCc3c(F)ccc4c3CCO4)ncc(-c3cc(F)c(CN(C)C)c(F)c3)c2n1.[C-]#[N+]c1cn2c(NCc3c(F)ccc4c3CCO4)ncc(-c3cccnc3CO)c2n1. The molecule has 0 bridgehead atoms. The van der Waals surface area contributed by atoms with Crippen LogP contribution in [0.4, 0.5) is 51.4 Å². The molecule has 12 aromatic rings. The molecule has 0 saturated carbocycles. The number of aryl methyl sites for hydroxylation is 1. The molecule has 100 heavy (non-hydrogen) atoms. The Hall–Kier alpha value is -11.6. The lowest BCUT2D eigenvalue weighted by Gasteiger charge is -2.35. The predicted molar refractivity (Wildman–Crippen MR) is 364 cm³/mol. The molecule has 0 amide bonds. The fourth-order valence-corrected chi connectivity index (χ4v) is 12.9. The van der Waals surface area contributed by atoms with E-state index in [4.69, 9.17) is 32.3 Å². The van der Waals surface area contributed by atoms with Gasteiger partial charge < -0.3 is 55.0 Å². The standard InChI is InChI=1S/C26H26FN5O2.C25H21F3N6O.C22H17FN6O2/c1-16-12-32-25(30-16)21(18-4-2-17(3-5-18)13-31-14-19(33)15-31)10-28-26(32)29-11-22-20-8-9-34-24(20)7-6-23(22)27;1-29-23-13-34-24(32-23)16(14-8-20(27)18(12-33(2)3)21(28)9-14)10-30-25(34)31-11-17-15-6-7-35-22(15)5-4-19(17)26;1-24-20-11-29-21(28-20)16(13-3-2-7-25-18(13)12-30)10-27-22(29)26-9-15-14-6-8-31-19(14)5-4-17(15)23/h2-7,10,12,19,33H,8-9,11,13-15H2,1H3,(H,28,29);4-5,8-10,13H,6-7,11-12H2,2-3H3,(H,30,31);2-5,7,10-11,30H,6,8-9,12H2,(H,26,27). The van der Waals surface area contributed by atoms with Gasteiger partial charge in [-0.05, 0) is 92.3 Å². The highest BCUT2D eigenvalue weighted by atomic mass is 19.1. The van der Waals surface area contributed by atoms with Crippen molar-refractivity contribution >= 4 is 46.4 Å². The molecule has 16 rings (SSSR count). The maximum absolute atomic E-state index is 14.7. The van der Waals surface area contributed by atoms with Gasteiger partial charge in [-0.25, -0.2) is 41.9 Å². The van der Waals surface area contributed by atoms with Gasteiger partial charge in [0.15, 0.2) is 0 Å². The monoisotopic (exact) mass is 1350 g/mol. The predicted octanol–water partition coefficient (Wildman–Crippen LogP) is 12.1. The first-order chi connectivity index (χ1) is 48.6. The van der Waals surface area contributed by atoms with Crippen molar-refractivity contribution in [2.75, 3.05) is 63.0 Å². The highest BCUT2D eigenvalue weighted by Crippen LogP contribution is 2.37. The molecule has 0 atom stereocenters. The average molecular weight is 1350 g/mol. The van der Waals surface area contributed by atoms with Gasteiger partial charge in [-0.2, -0.15) is 0 Å². The number of ether oxygens (including phenoxy) is 3. The van der Waals surface area contributed by atoms with Crippen LogP contribution in [-0.4, -0.2) is 121 Å². The molecule has 506 valence electrons. The zero-order valence-electron chi connectivity index (χ0n) is 54.4. The third-order valence-electron chi connectivity index (χ3n) is 17.8. The van der Waals surface area contributed by atoms with Crippen LogP contribution in [0.25, 0.3) is 60.0 Å². The van der Waals surface area contributed by atoms with Crippen molar-refractivity contribution in [1.82, 2.24) is 57.9 Å². The number of aliphatic hydroxyl groups is 2. The third-order valence-corrected chi connectivity index (χ3v) is 17.8. The Morgan fingerprint density at radius 3 is 1.48 bits per heavy atom. The maximum atomic E-state index is 14.7. The quantitative estimate of drug-likeness (QED) is 0.0422. The highest BCUT2D eigenvalue weighted by molar-refractivity contribution is 5.82. The number of anilines is 3. The molecule has 5 N–H and O–H groups in total. The van der Waals surface area contributed by atoms with Crippen molar-refractivity contribution in [3.05, 3.63) is 236 Å². The number of fused-ring (bicyclic) bond motifs is 6. The Morgan fingerprint density at radius 2 is 1.01 bits per heavy atom. The molecule has 1 fully saturated rings. The van der Waals surface area contributed by atoms with Gasteiger partial charge in [-0.1, -0.05) is 53.4 Å². The zero-order valence-corrected chi connectivity index (χ0v) is 54.4. The van der Waals surface area contributed by atoms with Crippen LogP contribution in [0, 0.1) is 49.2 Å². The summed E-state index contributed by atoms with van der Waals surface area (Å²) in [7, 11) is 3.45. The Balaban J connectivity index is 0.000000128. The second-order valence-corrected chi connectivity index (χ2v) is 24.6. The molecule has 27 heteroatoms. The number of hydrogen-bond donors (Lipinski definition) is 5. The van der Waals surface area contributed by atoms with Crippen LogP contribution < -0.4 is 30.2 Å². The van der Waals surface area contributed by atoms with E-state index in [1.54, 1.807) is 66.3 Å². The number of aromatic nitrogens is 10. The van der Waals surface area contributed by atoms with Crippen LogP contribution in [0.5, 0.6) is 17.2 Å². The molecule has 0 spiro atoms. The average Bonchev–Trinajstić information content (AvgIpc) is 1.58. The number of halogens is 5. The van der Waals surface area contributed by atoms with E-state index in [0.29, 0.717) is 125 Å². The second-order valence-electron chi connectivity index (χ2n) is 24.6. The Kier molecular flexibility index (Phi) is 18.4. The number of benzene rings is 5. The summed E-state index contributed by atoms with van der Waals surface area (Å²) in [6.07, 6.45) is 13.2. The molecule has 11 heterocycles. The van der Waals surface area contributed by atoms with E-state index in [1.165, 1.54) is 52.7 Å². The largest absolute Gasteiger partial charge is 0.493 e. The summed E-state index contributed by atoms with van der Waals surface area (Å²) in [5.41, 5.74) is 12.3. The van der Waals surface area contributed by atoms with Crippen LogP contribution in [0.15, 0.2) is 128 Å². The van der Waals surface area contributed by atoms with Gasteiger partial charge in [-0.3, -0.25) is 23.1 Å². The first-order valence-electron chi connectivity index (χ1n) is 32.1. The van der Waals surface area contributed by atoms with Gasteiger partial charge in [0.25, 0.3) is 11.6 Å². The van der Waals surface area contributed by atoms with E-state index in [1.807, 2.05) is 29.8 Å². The third kappa shape index (κ3) is 13.2. The Labute approximate surface area is 569 Å². The Bertz CT molecular complexity index is 5190. The highest BCUT2D eigenvalue weighted by Gasteiger charge is 2.28. The van der Waals surface area contributed by atoms with Crippen molar-refractivity contribution < 1.29 is 46.4 Å². The molecule has 5 aromatic carbocycles. The van der Waals surface area contributed by atoms with Crippen molar-refractivity contribution in [3.63, 3.8) is 0 Å². The van der Waals surface area contributed by atoms with Gasteiger partial charge in [0, 0.05) is 159 Å². The second kappa shape index (κ2) is 28.1. The van der Waals surface area contributed by atoms with E-state index in [9.17, 15) is 32.2 Å². The van der Waals surface area contributed by atoms with E-state index < -0.39 is 11.6 Å². The van der Waals surface area contributed by atoms with Crippen LogP contribution in [-0.2, 0) is 58.6 Å². The van der Waals surface area contributed by atoms with Gasteiger partial charge >= 0.3 is 0 Å². The van der Waals surface area contributed by atoms with Gasteiger partial charge in [0.1, 0.15) is 52.0 Å². The smallest absolute Gasteiger partial charge is 0.288 e. The van der Waals surface area contributed by atoms with Crippen molar-refractivity contribution in [1.29, 1.82) is 0 Å². The minimum absolute atomic E-state index is 0.0346. The number of hydrogen-bond acceptors (Lipinski definition) is 17.